The first-order valence-electron chi connectivity index (χ1n) is 9.07. The predicted molar refractivity (Wildman–Crippen MR) is 108 cm³/mol. The number of aromatic nitrogens is 3. The van der Waals surface area contributed by atoms with Crippen molar-refractivity contribution in [3.05, 3.63) is 77.1 Å². The summed E-state index contributed by atoms with van der Waals surface area (Å²) >= 11 is 1.33. The van der Waals surface area contributed by atoms with Gasteiger partial charge in [0, 0.05) is 10.9 Å². The van der Waals surface area contributed by atoms with Crippen LogP contribution in [0, 0.1) is 5.82 Å². The molecule has 0 aliphatic carbocycles. The Labute approximate surface area is 180 Å². The van der Waals surface area contributed by atoms with Gasteiger partial charge in [0.25, 0.3) is 5.89 Å². The molecular formula is C21H16FN3O5S. The molecule has 158 valence electrons. The van der Waals surface area contributed by atoms with E-state index in [1.54, 1.807) is 12.5 Å². The lowest BCUT2D eigenvalue weighted by molar-refractivity contribution is 0.0424. The SMILES string of the molecule is COc1ccc(-c2nc(C(=O)OCc3nc(COc4ccc(F)cc4)no3)cs2)cc1. The van der Waals surface area contributed by atoms with Gasteiger partial charge in [-0.25, -0.2) is 14.2 Å². The van der Waals surface area contributed by atoms with Gasteiger partial charge in [-0.05, 0) is 48.5 Å². The molecule has 0 saturated carbocycles. The first-order valence-corrected chi connectivity index (χ1v) is 9.95. The molecule has 8 nitrogen and oxygen atoms in total. The van der Waals surface area contributed by atoms with E-state index in [4.69, 9.17) is 18.7 Å². The van der Waals surface area contributed by atoms with E-state index in [1.807, 2.05) is 24.3 Å². The fourth-order valence-electron chi connectivity index (χ4n) is 2.52. The first kappa shape index (κ1) is 20.5. The van der Waals surface area contributed by atoms with Crippen LogP contribution in [-0.4, -0.2) is 28.2 Å². The fourth-order valence-corrected chi connectivity index (χ4v) is 3.32. The summed E-state index contributed by atoms with van der Waals surface area (Å²) in [4.78, 5) is 20.7. The minimum absolute atomic E-state index is 0.0282. The highest BCUT2D eigenvalue weighted by Gasteiger charge is 2.16. The Hall–Kier alpha value is -3.79. The van der Waals surface area contributed by atoms with Crippen LogP contribution in [0.1, 0.15) is 22.2 Å². The van der Waals surface area contributed by atoms with Crippen molar-refractivity contribution < 1.29 is 27.9 Å². The van der Waals surface area contributed by atoms with Crippen LogP contribution < -0.4 is 9.47 Å². The van der Waals surface area contributed by atoms with Crippen LogP contribution in [0.25, 0.3) is 10.6 Å². The normalized spacial score (nSPS) is 10.6. The van der Waals surface area contributed by atoms with Gasteiger partial charge in [-0.3, -0.25) is 0 Å². The van der Waals surface area contributed by atoms with Crippen molar-refractivity contribution in [2.45, 2.75) is 13.2 Å². The lowest BCUT2D eigenvalue weighted by Gasteiger charge is -2.02. The highest BCUT2D eigenvalue weighted by atomic mass is 32.1. The second-order valence-electron chi connectivity index (χ2n) is 6.19. The van der Waals surface area contributed by atoms with Crippen LogP contribution in [0.4, 0.5) is 4.39 Å². The highest BCUT2D eigenvalue weighted by molar-refractivity contribution is 7.13. The summed E-state index contributed by atoms with van der Waals surface area (Å²) in [5.41, 5.74) is 1.06. The molecule has 0 aliphatic heterocycles. The third kappa shape index (κ3) is 5.23. The van der Waals surface area contributed by atoms with Crippen LogP contribution in [0.15, 0.2) is 58.4 Å². The molecule has 2 heterocycles. The van der Waals surface area contributed by atoms with Gasteiger partial charge in [0.2, 0.25) is 5.82 Å². The van der Waals surface area contributed by atoms with Gasteiger partial charge in [-0.2, -0.15) is 4.98 Å². The molecule has 0 atom stereocenters. The minimum atomic E-state index is -0.599. The molecule has 0 bridgehead atoms. The predicted octanol–water partition coefficient (Wildman–Crippen LogP) is 4.28. The largest absolute Gasteiger partial charge is 0.497 e. The van der Waals surface area contributed by atoms with Crippen LogP contribution in [0.2, 0.25) is 0 Å². The summed E-state index contributed by atoms with van der Waals surface area (Å²) in [6.07, 6.45) is 0. The molecule has 4 rings (SSSR count). The van der Waals surface area contributed by atoms with Gasteiger partial charge in [0.05, 0.1) is 7.11 Å². The maximum absolute atomic E-state index is 12.9. The van der Waals surface area contributed by atoms with E-state index < -0.39 is 5.97 Å². The van der Waals surface area contributed by atoms with Crippen molar-refractivity contribution >= 4 is 17.3 Å². The van der Waals surface area contributed by atoms with Crippen LogP contribution in [0.5, 0.6) is 11.5 Å². The summed E-state index contributed by atoms with van der Waals surface area (Å²) in [5, 5.41) is 6.07. The second-order valence-corrected chi connectivity index (χ2v) is 7.05. The van der Waals surface area contributed by atoms with Crippen molar-refractivity contribution in [3.8, 4) is 22.1 Å². The molecular weight excluding hydrogens is 425 g/mol. The molecule has 0 spiro atoms. The number of nitrogens with zero attached hydrogens (tertiary/aromatic N) is 3. The number of carbonyl (C=O) groups excluding carboxylic acids is 1. The standard InChI is InChI=1S/C21H16FN3O5S/c1-27-15-6-2-13(3-7-15)20-23-17(12-31-20)21(26)29-11-19-24-18(25-30-19)10-28-16-8-4-14(22)5-9-16/h2-9,12H,10-11H2,1H3. The molecule has 4 aromatic rings. The average Bonchev–Trinajstić information content (AvgIpc) is 3.47. The molecule has 0 saturated heterocycles. The molecule has 0 unspecified atom stereocenters. The van der Waals surface area contributed by atoms with Crippen LogP contribution in [0.3, 0.4) is 0 Å². The Morgan fingerprint density at radius 2 is 1.77 bits per heavy atom. The molecule has 0 aliphatic rings. The number of hydrogen-bond acceptors (Lipinski definition) is 9. The van der Waals surface area contributed by atoms with Crippen LogP contribution in [-0.2, 0) is 18.0 Å². The van der Waals surface area contributed by atoms with E-state index in [0.717, 1.165) is 11.3 Å². The van der Waals surface area contributed by atoms with Gasteiger partial charge in [0.1, 0.15) is 22.3 Å². The summed E-state index contributed by atoms with van der Waals surface area (Å²) in [5.74, 6) is 0.644. The van der Waals surface area contributed by atoms with Crippen molar-refractivity contribution in [1.82, 2.24) is 15.1 Å². The zero-order chi connectivity index (χ0) is 21.6. The third-order valence-corrected chi connectivity index (χ3v) is 4.96. The van der Waals surface area contributed by atoms with E-state index >= 15 is 0 Å². The van der Waals surface area contributed by atoms with E-state index in [-0.39, 0.29) is 36.4 Å². The quantitative estimate of drug-likeness (QED) is 0.374. The van der Waals surface area contributed by atoms with Gasteiger partial charge in [0.15, 0.2) is 18.9 Å². The van der Waals surface area contributed by atoms with Gasteiger partial charge < -0.3 is 18.7 Å². The fraction of sp³-hybridized carbons (Fsp3) is 0.143. The number of benzene rings is 2. The van der Waals surface area contributed by atoms with Crippen molar-refractivity contribution in [1.29, 1.82) is 0 Å². The Morgan fingerprint density at radius 3 is 2.52 bits per heavy atom. The number of rotatable bonds is 8. The lowest BCUT2D eigenvalue weighted by Crippen LogP contribution is -2.06. The van der Waals surface area contributed by atoms with Crippen molar-refractivity contribution in [3.63, 3.8) is 0 Å². The summed E-state index contributed by atoms with van der Waals surface area (Å²) in [7, 11) is 1.59. The monoisotopic (exact) mass is 441 g/mol. The van der Waals surface area contributed by atoms with E-state index in [0.29, 0.717) is 10.8 Å². The zero-order valence-corrected chi connectivity index (χ0v) is 17.1. The Kier molecular flexibility index (Phi) is 6.18. The van der Waals surface area contributed by atoms with Crippen LogP contribution >= 0.6 is 11.3 Å². The van der Waals surface area contributed by atoms with Crippen molar-refractivity contribution in [2.75, 3.05) is 7.11 Å². The number of ether oxygens (including phenoxy) is 3. The molecule has 10 heteroatoms. The maximum Gasteiger partial charge on any atom is 0.358 e. The highest BCUT2D eigenvalue weighted by Crippen LogP contribution is 2.26. The van der Waals surface area contributed by atoms with Gasteiger partial charge in [-0.1, -0.05) is 5.16 Å². The maximum atomic E-state index is 12.9. The Morgan fingerprint density at radius 1 is 1.03 bits per heavy atom. The minimum Gasteiger partial charge on any atom is -0.497 e. The average molecular weight is 441 g/mol. The molecule has 2 aromatic heterocycles. The number of esters is 1. The summed E-state index contributed by atoms with van der Waals surface area (Å²) in [6.45, 7) is -0.168. The molecule has 2 aromatic carbocycles. The summed E-state index contributed by atoms with van der Waals surface area (Å²) in [6, 6.07) is 12.9. The first-order chi connectivity index (χ1) is 15.1. The molecule has 0 amide bonds. The van der Waals surface area contributed by atoms with E-state index in [9.17, 15) is 9.18 Å². The topological polar surface area (TPSA) is 96.6 Å². The molecule has 0 radical (unpaired) electrons. The molecule has 0 N–H and O–H groups in total. The number of carbonyl (C=O) groups is 1. The van der Waals surface area contributed by atoms with Gasteiger partial charge >= 0.3 is 5.97 Å². The third-order valence-electron chi connectivity index (χ3n) is 4.07. The number of hydrogen-bond donors (Lipinski definition) is 0. The Bertz CT molecular complexity index is 1160. The van der Waals surface area contributed by atoms with E-state index in [1.165, 1.54) is 35.6 Å². The molecule has 0 fully saturated rings. The van der Waals surface area contributed by atoms with Gasteiger partial charge in [-0.15, -0.1) is 11.3 Å². The lowest BCUT2D eigenvalue weighted by atomic mass is 10.2. The molecule has 31 heavy (non-hydrogen) atoms. The second kappa shape index (κ2) is 9.35. The Balaban J connectivity index is 1.30. The number of methoxy groups -OCH3 is 1. The smallest absolute Gasteiger partial charge is 0.358 e. The number of thiazole rings is 1. The van der Waals surface area contributed by atoms with E-state index in [2.05, 4.69) is 15.1 Å². The number of halogens is 1. The summed E-state index contributed by atoms with van der Waals surface area (Å²) < 4.78 is 33.7. The van der Waals surface area contributed by atoms with Crippen molar-refractivity contribution in [2.24, 2.45) is 0 Å². The zero-order valence-electron chi connectivity index (χ0n) is 16.3.